The van der Waals surface area contributed by atoms with E-state index in [0.717, 1.165) is 44.3 Å². The van der Waals surface area contributed by atoms with Crippen molar-refractivity contribution in [1.29, 1.82) is 0 Å². The largest absolute Gasteiger partial charge is 0.456 e. The highest BCUT2D eigenvalue weighted by atomic mass is 32.1. The van der Waals surface area contributed by atoms with Gasteiger partial charge in [-0.25, -0.2) is 15.0 Å². The number of hydrogen-bond donors (Lipinski definition) is 0. The third-order valence-corrected chi connectivity index (χ3v) is 11.0. The molecular weight excluding hydrogens is 645 g/mol. The molecule has 11 rings (SSSR count). The van der Waals surface area contributed by atoms with Crippen molar-refractivity contribution in [3.63, 3.8) is 0 Å². The van der Waals surface area contributed by atoms with Gasteiger partial charge in [0.05, 0.1) is 11.0 Å². The van der Waals surface area contributed by atoms with Crippen molar-refractivity contribution in [2.45, 2.75) is 0 Å². The maximum atomic E-state index is 6.60. The number of para-hydroxylation sites is 2. The van der Waals surface area contributed by atoms with Crippen LogP contribution in [0.5, 0.6) is 0 Å². The van der Waals surface area contributed by atoms with Gasteiger partial charge in [-0.1, -0.05) is 91.0 Å². The lowest BCUT2D eigenvalue weighted by molar-refractivity contribution is 0.668. The minimum Gasteiger partial charge on any atom is -0.456 e. The van der Waals surface area contributed by atoms with Crippen LogP contribution in [0.25, 0.3) is 104 Å². The third-order valence-electron chi connectivity index (χ3n) is 9.86. The van der Waals surface area contributed by atoms with Crippen LogP contribution in [-0.2, 0) is 0 Å². The highest BCUT2D eigenvalue weighted by molar-refractivity contribution is 7.25. The van der Waals surface area contributed by atoms with E-state index in [2.05, 4.69) is 132 Å². The van der Waals surface area contributed by atoms with Crippen molar-refractivity contribution in [2.75, 3.05) is 0 Å². The summed E-state index contributed by atoms with van der Waals surface area (Å²) in [5.41, 5.74) is 7.78. The average molecular weight is 671 g/mol. The van der Waals surface area contributed by atoms with Gasteiger partial charge in [-0.15, -0.1) is 11.3 Å². The number of furan rings is 1. The van der Waals surface area contributed by atoms with Crippen LogP contribution in [0.4, 0.5) is 0 Å². The Morgan fingerprint density at radius 3 is 1.69 bits per heavy atom. The zero-order chi connectivity index (χ0) is 33.5. The first-order chi connectivity index (χ1) is 25.2. The Bertz CT molecular complexity index is 3100. The average Bonchev–Trinajstić information content (AvgIpc) is 3.86. The summed E-state index contributed by atoms with van der Waals surface area (Å²) in [6, 6.07) is 55.0. The van der Waals surface area contributed by atoms with E-state index in [1.807, 2.05) is 30.3 Å². The second kappa shape index (κ2) is 10.9. The van der Waals surface area contributed by atoms with Crippen LogP contribution in [0.2, 0.25) is 0 Å². The lowest BCUT2D eigenvalue weighted by atomic mass is 10.1. The molecule has 0 aliphatic carbocycles. The van der Waals surface area contributed by atoms with Gasteiger partial charge in [0.2, 0.25) is 0 Å². The van der Waals surface area contributed by atoms with Crippen molar-refractivity contribution in [2.24, 2.45) is 0 Å². The van der Waals surface area contributed by atoms with Crippen molar-refractivity contribution < 1.29 is 4.42 Å². The second-order valence-corrected chi connectivity index (χ2v) is 13.9. The molecule has 0 fully saturated rings. The number of thiophene rings is 1. The molecular formula is C45H26N4OS. The monoisotopic (exact) mass is 670 g/mol. The van der Waals surface area contributed by atoms with Crippen LogP contribution in [0.1, 0.15) is 0 Å². The van der Waals surface area contributed by atoms with Crippen LogP contribution in [0, 0.1) is 0 Å². The van der Waals surface area contributed by atoms with Gasteiger partial charge < -0.3 is 8.98 Å². The van der Waals surface area contributed by atoms with Crippen LogP contribution in [0.15, 0.2) is 162 Å². The molecule has 7 aromatic carbocycles. The summed E-state index contributed by atoms with van der Waals surface area (Å²) in [5.74, 6) is 1.87. The molecule has 0 radical (unpaired) electrons. The molecule has 4 aromatic heterocycles. The fraction of sp³-hybridized carbons (Fsp3) is 0. The van der Waals surface area contributed by atoms with Crippen molar-refractivity contribution in [3.05, 3.63) is 158 Å². The predicted octanol–water partition coefficient (Wildman–Crippen LogP) is 12.2. The summed E-state index contributed by atoms with van der Waals surface area (Å²) in [6.45, 7) is 0. The molecule has 0 saturated carbocycles. The first-order valence-electron chi connectivity index (χ1n) is 16.9. The van der Waals surface area contributed by atoms with Gasteiger partial charge in [0, 0.05) is 70.2 Å². The topological polar surface area (TPSA) is 56.7 Å². The number of benzene rings is 7. The maximum absolute atomic E-state index is 6.60. The van der Waals surface area contributed by atoms with Gasteiger partial charge in [-0.05, 0) is 60.7 Å². The second-order valence-electron chi connectivity index (χ2n) is 12.8. The van der Waals surface area contributed by atoms with E-state index in [1.54, 1.807) is 11.3 Å². The van der Waals surface area contributed by atoms with Gasteiger partial charge in [0.1, 0.15) is 11.2 Å². The Morgan fingerprint density at radius 1 is 0.392 bits per heavy atom. The number of rotatable bonds is 4. The SMILES string of the molecule is c1ccc(-c2nc(-c3ccc4c(c3)oc3cc(-n5c6ccccc6c6ccccc65)ccc34)nc(-c3ccc4sc5ccccc5c4c3)n2)cc1. The normalized spacial score (nSPS) is 11.9. The molecule has 51 heavy (non-hydrogen) atoms. The number of hydrogen-bond acceptors (Lipinski definition) is 5. The van der Waals surface area contributed by atoms with Crippen LogP contribution in [0.3, 0.4) is 0 Å². The zero-order valence-corrected chi connectivity index (χ0v) is 27.9. The summed E-state index contributed by atoms with van der Waals surface area (Å²) in [6.07, 6.45) is 0. The number of fused-ring (bicyclic) bond motifs is 9. The molecule has 0 spiro atoms. The molecule has 0 amide bonds. The fourth-order valence-corrected chi connectivity index (χ4v) is 8.55. The summed E-state index contributed by atoms with van der Waals surface area (Å²) in [5, 5.41) is 7.04. The quantitative estimate of drug-likeness (QED) is 0.187. The highest BCUT2D eigenvalue weighted by Crippen LogP contribution is 2.38. The van der Waals surface area contributed by atoms with Crippen molar-refractivity contribution >= 4 is 75.3 Å². The van der Waals surface area contributed by atoms with Gasteiger partial charge >= 0.3 is 0 Å². The van der Waals surface area contributed by atoms with Gasteiger partial charge in [0.25, 0.3) is 0 Å². The zero-order valence-electron chi connectivity index (χ0n) is 27.1. The number of nitrogens with zero attached hydrogens (tertiary/aromatic N) is 4. The van der Waals surface area contributed by atoms with Crippen LogP contribution < -0.4 is 0 Å². The molecule has 0 bridgehead atoms. The Balaban J connectivity index is 1.06. The van der Waals surface area contributed by atoms with E-state index >= 15 is 0 Å². The van der Waals surface area contributed by atoms with Gasteiger partial charge in [-0.3, -0.25) is 0 Å². The van der Waals surface area contributed by atoms with E-state index < -0.39 is 0 Å². The first kappa shape index (κ1) is 28.2. The molecule has 4 heterocycles. The standard InChI is InChI=1S/C45H26N4OS/c1-2-10-27(11-3-1)43-46-44(28-19-23-42-36(24-28)35-14-6-9-17-41(35)51-42)48-45(47-43)29-18-21-33-34-22-20-30(26-40(34)50-39(33)25-29)49-37-15-7-4-12-31(37)32-13-5-8-16-38(32)49/h1-26H. The number of aromatic nitrogens is 4. The molecule has 0 atom stereocenters. The predicted molar refractivity (Wildman–Crippen MR) is 211 cm³/mol. The van der Waals surface area contributed by atoms with Crippen LogP contribution >= 0.6 is 11.3 Å². The Morgan fingerprint density at radius 2 is 0.941 bits per heavy atom. The first-order valence-corrected chi connectivity index (χ1v) is 17.8. The maximum Gasteiger partial charge on any atom is 0.164 e. The Labute approximate surface area is 295 Å². The molecule has 11 aromatic rings. The minimum absolute atomic E-state index is 0.599. The van der Waals surface area contributed by atoms with Crippen molar-refractivity contribution in [3.8, 4) is 39.9 Å². The molecule has 6 heteroatoms. The molecule has 238 valence electrons. The molecule has 0 aliphatic rings. The summed E-state index contributed by atoms with van der Waals surface area (Å²) >= 11 is 1.80. The van der Waals surface area contributed by atoms with E-state index in [4.69, 9.17) is 19.4 Å². The summed E-state index contributed by atoms with van der Waals surface area (Å²) < 4.78 is 11.4. The molecule has 5 nitrogen and oxygen atoms in total. The van der Waals surface area contributed by atoms with E-state index in [1.165, 1.54) is 42.0 Å². The van der Waals surface area contributed by atoms with E-state index in [-0.39, 0.29) is 0 Å². The van der Waals surface area contributed by atoms with Gasteiger partial charge in [-0.2, -0.15) is 0 Å². The van der Waals surface area contributed by atoms with Gasteiger partial charge in [0.15, 0.2) is 17.5 Å². The lowest BCUT2D eigenvalue weighted by Gasteiger charge is -2.08. The van der Waals surface area contributed by atoms with E-state index in [0.29, 0.717) is 17.5 Å². The van der Waals surface area contributed by atoms with Crippen LogP contribution in [-0.4, -0.2) is 19.5 Å². The third kappa shape index (κ3) is 4.43. The van der Waals surface area contributed by atoms with Crippen molar-refractivity contribution in [1.82, 2.24) is 19.5 Å². The highest BCUT2D eigenvalue weighted by Gasteiger charge is 2.17. The molecule has 0 saturated heterocycles. The Kier molecular flexibility index (Phi) is 6.05. The van der Waals surface area contributed by atoms with E-state index in [9.17, 15) is 0 Å². The summed E-state index contributed by atoms with van der Waals surface area (Å²) in [7, 11) is 0. The molecule has 0 aliphatic heterocycles. The smallest absolute Gasteiger partial charge is 0.164 e. The molecule has 0 unspecified atom stereocenters. The minimum atomic E-state index is 0.599. The fourth-order valence-electron chi connectivity index (χ4n) is 7.46. The summed E-state index contributed by atoms with van der Waals surface area (Å²) in [4.78, 5) is 15.1. The molecule has 0 N–H and O–H groups in total. The lowest BCUT2D eigenvalue weighted by Crippen LogP contribution is -2.00. The Hall–Kier alpha value is -6.63.